The summed E-state index contributed by atoms with van der Waals surface area (Å²) in [6.45, 7) is 5.16. The van der Waals surface area contributed by atoms with E-state index in [0.717, 1.165) is 12.3 Å². The van der Waals surface area contributed by atoms with Crippen molar-refractivity contribution in [1.29, 1.82) is 0 Å². The Labute approximate surface area is 112 Å². The topological polar surface area (TPSA) is 21.3 Å². The van der Waals surface area contributed by atoms with Gasteiger partial charge in [-0.1, -0.05) is 18.2 Å². The van der Waals surface area contributed by atoms with Crippen LogP contribution in [0.4, 0.5) is 0 Å². The molecule has 2 heterocycles. The molecule has 94 valence electrons. The van der Waals surface area contributed by atoms with Crippen molar-refractivity contribution in [3.8, 4) is 5.75 Å². The third-order valence-electron chi connectivity index (χ3n) is 3.39. The average Bonchev–Trinajstić information content (AvgIpc) is 2.91. The lowest BCUT2D eigenvalue weighted by molar-refractivity contribution is 0.0958. The van der Waals surface area contributed by atoms with Crippen molar-refractivity contribution < 1.29 is 4.74 Å². The molecule has 1 aliphatic heterocycles. The molecule has 1 N–H and O–H groups in total. The van der Waals surface area contributed by atoms with E-state index in [1.165, 1.54) is 11.1 Å². The first-order chi connectivity index (χ1) is 8.67. The van der Waals surface area contributed by atoms with Crippen LogP contribution in [0.15, 0.2) is 41.1 Å². The highest BCUT2D eigenvalue weighted by atomic mass is 32.1. The summed E-state index contributed by atoms with van der Waals surface area (Å²) in [6.07, 6.45) is 0. The van der Waals surface area contributed by atoms with Crippen molar-refractivity contribution in [3.05, 3.63) is 52.2 Å². The van der Waals surface area contributed by atoms with E-state index < -0.39 is 0 Å². The van der Waals surface area contributed by atoms with Gasteiger partial charge in [0.25, 0.3) is 0 Å². The van der Waals surface area contributed by atoms with E-state index in [1.54, 1.807) is 11.3 Å². The van der Waals surface area contributed by atoms with Gasteiger partial charge in [0.05, 0.1) is 6.04 Å². The van der Waals surface area contributed by atoms with Crippen LogP contribution in [0.1, 0.15) is 31.0 Å². The molecular weight excluding hydrogens is 242 g/mol. The fraction of sp³-hybridized carbons (Fsp3) is 0.333. The van der Waals surface area contributed by atoms with Crippen LogP contribution in [-0.4, -0.2) is 5.60 Å². The molecule has 2 aromatic rings. The molecule has 3 heteroatoms. The zero-order valence-electron chi connectivity index (χ0n) is 10.6. The standard InChI is InChI=1S/C15H17NOS/c1-15(2)14(16-9-11-7-8-18-10-11)12-5-3-4-6-13(12)17-15/h3-8,10,14,16H,9H2,1-2H3. The number of hydrogen-bond donors (Lipinski definition) is 1. The predicted octanol–water partition coefficient (Wildman–Crippen LogP) is 3.75. The van der Waals surface area contributed by atoms with E-state index >= 15 is 0 Å². The summed E-state index contributed by atoms with van der Waals surface area (Å²) in [4.78, 5) is 0. The molecule has 1 aliphatic rings. The Bertz CT molecular complexity index is 533. The molecule has 3 rings (SSSR count). The van der Waals surface area contributed by atoms with Crippen LogP contribution in [0.5, 0.6) is 5.75 Å². The number of ether oxygens (including phenoxy) is 1. The molecule has 1 aromatic carbocycles. The minimum atomic E-state index is -0.195. The second-order valence-corrected chi connectivity index (χ2v) is 5.97. The van der Waals surface area contributed by atoms with Gasteiger partial charge in [0, 0.05) is 12.1 Å². The van der Waals surface area contributed by atoms with Gasteiger partial charge in [0.1, 0.15) is 11.4 Å². The number of nitrogens with one attached hydrogen (secondary N) is 1. The number of thiophene rings is 1. The molecular formula is C15H17NOS. The summed E-state index contributed by atoms with van der Waals surface area (Å²) < 4.78 is 6.02. The SMILES string of the molecule is CC1(C)Oc2ccccc2C1NCc1ccsc1. The van der Waals surface area contributed by atoms with Gasteiger partial charge in [-0.2, -0.15) is 11.3 Å². The molecule has 1 unspecified atom stereocenters. The van der Waals surface area contributed by atoms with E-state index in [2.05, 4.69) is 48.1 Å². The Morgan fingerprint density at radius 1 is 1.28 bits per heavy atom. The van der Waals surface area contributed by atoms with Crippen molar-refractivity contribution in [2.24, 2.45) is 0 Å². The summed E-state index contributed by atoms with van der Waals surface area (Å²) in [5, 5.41) is 7.91. The first-order valence-corrected chi connectivity index (χ1v) is 7.13. The van der Waals surface area contributed by atoms with Crippen LogP contribution in [0.3, 0.4) is 0 Å². The van der Waals surface area contributed by atoms with Crippen LogP contribution in [0.2, 0.25) is 0 Å². The Balaban J connectivity index is 1.81. The lowest BCUT2D eigenvalue weighted by atomic mass is 9.94. The van der Waals surface area contributed by atoms with Gasteiger partial charge in [0.2, 0.25) is 0 Å². The van der Waals surface area contributed by atoms with E-state index in [0.29, 0.717) is 0 Å². The van der Waals surface area contributed by atoms with E-state index in [4.69, 9.17) is 4.74 Å². The normalized spacial score (nSPS) is 20.4. The van der Waals surface area contributed by atoms with Gasteiger partial charge in [-0.25, -0.2) is 0 Å². The largest absolute Gasteiger partial charge is 0.486 e. The maximum absolute atomic E-state index is 6.02. The van der Waals surface area contributed by atoms with Gasteiger partial charge >= 0.3 is 0 Å². The maximum atomic E-state index is 6.02. The Kier molecular flexibility index (Phi) is 2.88. The third-order valence-corrected chi connectivity index (χ3v) is 4.12. The van der Waals surface area contributed by atoms with Crippen molar-refractivity contribution in [3.63, 3.8) is 0 Å². The molecule has 0 saturated heterocycles. The quantitative estimate of drug-likeness (QED) is 0.906. The van der Waals surface area contributed by atoms with Gasteiger partial charge in [-0.15, -0.1) is 0 Å². The molecule has 0 saturated carbocycles. The highest BCUT2D eigenvalue weighted by Crippen LogP contribution is 2.42. The number of hydrogen-bond acceptors (Lipinski definition) is 3. The summed E-state index contributed by atoms with van der Waals surface area (Å²) in [7, 11) is 0. The summed E-state index contributed by atoms with van der Waals surface area (Å²) in [6, 6.07) is 10.7. The smallest absolute Gasteiger partial charge is 0.125 e. The lowest BCUT2D eigenvalue weighted by Gasteiger charge is -2.27. The molecule has 0 amide bonds. The number of para-hydroxylation sites is 1. The second kappa shape index (κ2) is 4.41. The Morgan fingerprint density at radius 3 is 2.89 bits per heavy atom. The molecule has 2 nitrogen and oxygen atoms in total. The zero-order valence-corrected chi connectivity index (χ0v) is 11.5. The Morgan fingerprint density at radius 2 is 2.11 bits per heavy atom. The monoisotopic (exact) mass is 259 g/mol. The van der Waals surface area contributed by atoms with Crippen LogP contribution in [0.25, 0.3) is 0 Å². The van der Waals surface area contributed by atoms with Crippen molar-refractivity contribution >= 4 is 11.3 Å². The van der Waals surface area contributed by atoms with E-state index in [9.17, 15) is 0 Å². The maximum Gasteiger partial charge on any atom is 0.125 e. The molecule has 0 spiro atoms. The molecule has 0 fully saturated rings. The fourth-order valence-corrected chi connectivity index (χ4v) is 3.17. The molecule has 0 radical (unpaired) electrons. The summed E-state index contributed by atoms with van der Waals surface area (Å²) >= 11 is 1.74. The van der Waals surface area contributed by atoms with Gasteiger partial charge in [-0.3, -0.25) is 0 Å². The van der Waals surface area contributed by atoms with Crippen LogP contribution in [0, 0.1) is 0 Å². The van der Waals surface area contributed by atoms with Crippen LogP contribution < -0.4 is 10.1 Å². The number of rotatable bonds is 3. The highest BCUT2D eigenvalue weighted by Gasteiger charge is 2.40. The second-order valence-electron chi connectivity index (χ2n) is 5.19. The van der Waals surface area contributed by atoms with Gasteiger partial charge < -0.3 is 10.1 Å². The predicted molar refractivity (Wildman–Crippen MR) is 75.0 cm³/mol. The van der Waals surface area contributed by atoms with Crippen molar-refractivity contribution in [1.82, 2.24) is 5.32 Å². The van der Waals surface area contributed by atoms with E-state index in [1.807, 2.05) is 12.1 Å². The minimum absolute atomic E-state index is 0.195. The minimum Gasteiger partial charge on any atom is -0.486 e. The van der Waals surface area contributed by atoms with Crippen molar-refractivity contribution in [2.45, 2.75) is 32.0 Å². The van der Waals surface area contributed by atoms with Gasteiger partial charge in [-0.05, 0) is 42.3 Å². The molecule has 0 bridgehead atoms. The number of fused-ring (bicyclic) bond motifs is 1. The van der Waals surface area contributed by atoms with Crippen LogP contribution >= 0.6 is 11.3 Å². The zero-order chi connectivity index (χ0) is 12.6. The average molecular weight is 259 g/mol. The van der Waals surface area contributed by atoms with E-state index in [-0.39, 0.29) is 11.6 Å². The molecule has 0 aliphatic carbocycles. The molecule has 18 heavy (non-hydrogen) atoms. The lowest BCUT2D eigenvalue weighted by Crippen LogP contribution is -2.38. The molecule has 1 atom stereocenters. The Hall–Kier alpha value is -1.32. The first-order valence-electron chi connectivity index (χ1n) is 6.19. The third kappa shape index (κ3) is 2.04. The fourth-order valence-electron chi connectivity index (χ4n) is 2.50. The number of benzene rings is 1. The summed E-state index contributed by atoms with van der Waals surface area (Å²) in [5.74, 6) is 1.00. The van der Waals surface area contributed by atoms with Crippen LogP contribution in [-0.2, 0) is 6.54 Å². The molecule has 1 aromatic heterocycles. The van der Waals surface area contributed by atoms with Crippen molar-refractivity contribution in [2.75, 3.05) is 0 Å². The first kappa shape index (κ1) is 11.8. The highest BCUT2D eigenvalue weighted by molar-refractivity contribution is 7.07. The van der Waals surface area contributed by atoms with Gasteiger partial charge in [0.15, 0.2) is 0 Å². The summed E-state index contributed by atoms with van der Waals surface area (Å²) in [5.41, 5.74) is 2.40.